The third kappa shape index (κ3) is 3.05. The average Bonchev–Trinajstić information content (AvgIpc) is 3.47. The number of pyridine rings is 1. The number of halogens is 1. The number of likely N-dealkylation sites (N-methyl/N-ethyl adjacent to an activating group) is 1. The molecule has 0 bridgehead atoms. The molecule has 144 valence electrons. The molecular formula is C21H22FN5O. The van der Waals surface area contributed by atoms with E-state index in [4.69, 9.17) is 0 Å². The van der Waals surface area contributed by atoms with Gasteiger partial charge in [0.25, 0.3) is 0 Å². The first kappa shape index (κ1) is 17.3. The molecule has 7 heteroatoms. The summed E-state index contributed by atoms with van der Waals surface area (Å²) < 4.78 is 15.3. The summed E-state index contributed by atoms with van der Waals surface area (Å²) in [6.45, 7) is 2.24. The van der Waals surface area contributed by atoms with E-state index in [0.717, 1.165) is 48.3 Å². The molecule has 1 saturated carbocycles. The van der Waals surface area contributed by atoms with Crippen molar-refractivity contribution in [2.45, 2.75) is 18.9 Å². The van der Waals surface area contributed by atoms with Gasteiger partial charge in [0, 0.05) is 37.3 Å². The topological polar surface area (TPSA) is 53.7 Å². The summed E-state index contributed by atoms with van der Waals surface area (Å²) in [4.78, 5) is 16.7. The molecule has 0 N–H and O–H groups in total. The third-order valence-corrected chi connectivity index (χ3v) is 5.80. The van der Waals surface area contributed by atoms with Crippen molar-refractivity contribution in [3.8, 4) is 11.1 Å². The van der Waals surface area contributed by atoms with E-state index in [0.29, 0.717) is 6.54 Å². The molecule has 0 spiro atoms. The van der Waals surface area contributed by atoms with Crippen molar-refractivity contribution in [3.05, 3.63) is 54.1 Å². The second-order valence-electron chi connectivity index (χ2n) is 7.79. The van der Waals surface area contributed by atoms with Gasteiger partial charge < -0.3 is 4.90 Å². The number of benzene rings is 1. The number of amides is 1. The van der Waals surface area contributed by atoms with Crippen molar-refractivity contribution >= 4 is 11.4 Å². The maximum atomic E-state index is 13.5. The molecular weight excluding hydrogens is 357 g/mol. The standard InChI is InChI=1S/C21H22FN5O/c1-25-9-10-26(21(28)14-5-6-14)13-19(25)20-18-8-7-16(12-27(18)24-23-20)15-3-2-4-17(22)11-15/h2-4,7-8,11-12,14,19H,5-6,9-10,13H2,1H3. The fourth-order valence-electron chi connectivity index (χ4n) is 3.95. The molecule has 3 heterocycles. The summed E-state index contributed by atoms with van der Waals surface area (Å²) in [5.74, 6) is 0.249. The zero-order chi connectivity index (χ0) is 19.3. The second-order valence-corrected chi connectivity index (χ2v) is 7.79. The summed E-state index contributed by atoms with van der Waals surface area (Å²) in [6.07, 6.45) is 3.91. The molecule has 1 amide bonds. The summed E-state index contributed by atoms with van der Waals surface area (Å²) in [5, 5.41) is 8.73. The van der Waals surface area contributed by atoms with Crippen molar-refractivity contribution in [3.63, 3.8) is 0 Å². The van der Waals surface area contributed by atoms with Gasteiger partial charge in [-0.15, -0.1) is 5.10 Å². The highest BCUT2D eigenvalue weighted by Gasteiger charge is 2.37. The highest BCUT2D eigenvalue weighted by atomic mass is 19.1. The van der Waals surface area contributed by atoms with E-state index >= 15 is 0 Å². The van der Waals surface area contributed by atoms with E-state index in [1.807, 2.05) is 29.3 Å². The average molecular weight is 379 g/mol. The van der Waals surface area contributed by atoms with Crippen LogP contribution in [0.1, 0.15) is 24.6 Å². The largest absolute Gasteiger partial charge is 0.339 e. The smallest absolute Gasteiger partial charge is 0.225 e. The first-order chi connectivity index (χ1) is 13.6. The van der Waals surface area contributed by atoms with E-state index in [-0.39, 0.29) is 23.7 Å². The quantitative estimate of drug-likeness (QED) is 0.702. The summed E-state index contributed by atoms with van der Waals surface area (Å²) in [7, 11) is 2.07. The van der Waals surface area contributed by atoms with Crippen molar-refractivity contribution in [1.82, 2.24) is 24.6 Å². The number of hydrogen-bond acceptors (Lipinski definition) is 4. The van der Waals surface area contributed by atoms with Crippen LogP contribution < -0.4 is 0 Å². The maximum absolute atomic E-state index is 13.5. The number of rotatable bonds is 3. The van der Waals surface area contributed by atoms with Gasteiger partial charge in [0.05, 0.1) is 11.6 Å². The van der Waals surface area contributed by atoms with Crippen LogP contribution in [0.4, 0.5) is 4.39 Å². The zero-order valence-corrected chi connectivity index (χ0v) is 15.8. The van der Waals surface area contributed by atoms with Crippen molar-refractivity contribution in [2.24, 2.45) is 5.92 Å². The van der Waals surface area contributed by atoms with Gasteiger partial charge in [0.15, 0.2) is 0 Å². The van der Waals surface area contributed by atoms with E-state index in [1.54, 1.807) is 10.6 Å². The molecule has 6 nitrogen and oxygen atoms in total. The molecule has 5 rings (SSSR count). The van der Waals surface area contributed by atoms with Crippen LogP contribution in [0.3, 0.4) is 0 Å². The van der Waals surface area contributed by atoms with Crippen molar-refractivity contribution in [2.75, 3.05) is 26.7 Å². The number of aromatic nitrogens is 3. The minimum atomic E-state index is -0.263. The molecule has 2 aromatic heterocycles. The van der Waals surface area contributed by atoms with Gasteiger partial charge >= 0.3 is 0 Å². The molecule has 1 aliphatic heterocycles. The van der Waals surface area contributed by atoms with Crippen LogP contribution in [0.15, 0.2) is 42.6 Å². The second kappa shape index (κ2) is 6.67. The zero-order valence-electron chi connectivity index (χ0n) is 15.8. The molecule has 2 fully saturated rings. The Hall–Kier alpha value is -2.80. The molecule has 1 atom stereocenters. The molecule has 1 unspecified atom stereocenters. The fraction of sp³-hybridized carbons (Fsp3) is 0.381. The molecule has 1 saturated heterocycles. The minimum Gasteiger partial charge on any atom is -0.339 e. The number of fused-ring (bicyclic) bond motifs is 1. The molecule has 28 heavy (non-hydrogen) atoms. The number of piperazine rings is 1. The molecule has 2 aliphatic rings. The lowest BCUT2D eigenvalue weighted by Crippen LogP contribution is -2.49. The van der Waals surface area contributed by atoms with Gasteiger partial charge in [-0.05, 0) is 43.7 Å². The Morgan fingerprint density at radius 1 is 1.14 bits per heavy atom. The predicted octanol–water partition coefficient (Wildman–Crippen LogP) is 2.76. The Morgan fingerprint density at radius 2 is 2.00 bits per heavy atom. The van der Waals surface area contributed by atoms with Crippen LogP contribution in [-0.2, 0) is 4.79 Å². The summed E-state index contributed by atoms with van der Waals surface area (Å²) in [6, 6.07) is 10.5. The van der Waals surface area contributed by atoms with Crippen LogP contribution in [0.25, 0.3) is 16.6 Å². The van der Waals surface area contributed by atoms with Crippen molar-refractivity contribution in [1.29, 1.82) is 0 Å². The maximum Gasteiger partial charge on any atom is 0.225 e. The Morgan fingerprint density at radius 3 is 2.79 bits per heavy atom. The van der Waals surface area contributed by atoms with Gasteiger partial charge in [-0.25, -0.2) is 8.91 Å². The monoisotopic (exact) mass is 379 g/mol. The first-order valence-electron chi connectivity index (χ1n) is 9.70. The van der Waals surface area contributed by atoms with E-state index < -0.39 is 0 Å². The SMILES string of the molecule is CN1CCN(C(=O)C2CC2)CC1c1nnn2cc(-c3cccc(F)c3)ccc12. The number of nitrogens with zero attached hydrogens (tertiary/aromatic N) is 5. The molecule has 0 radical (unpaired) electrons. The minimum absolute atomic E-state index is 0.0222. The van der Waals surface area contributed by atoms with Gasteiger partial charge in [-0.2, -0.15) is 0 Å². The van der Waals surface area contributed by atoms with Crippen LogP contribution in [0, 0.1) is 11.7 Å². The van der Waals surface area contributed by atoms with Gasteiger partial charge in [-0.1, -0.05) is 23.4 Å². The highest BCUT2D eigenvalue weighted by Crippen LogP contribution is 2.34. The number of carbonyl (C=O) groups excluding carboxylic acids is 1. The van der Waals surface area contributed by atoms with Crippen molar-refractivity contribution < 1.29 is 9.18 Å². The number of carbonyl (C=O) groups is 1. The van der Waals surface area contributed by atoms with E-state index in [2.05, 4.69) is 22.3 Å². The molecule has 1 aliphatic carbocycles. The Kier molecular flexibility index (Phi) is 4.12. The lowest BCUT2D eigenvalue weighted by Gasteiger charge is -2.38. The van der Waals surface area contributed by atoms with E-state index in [1.165, 1.54) is 12.1 Å². The van der Waals surface area contributed by atoms with Crippen LogP contribution in [0.5, 0.6) is 0 Å². The van der Waals surface area contributed by atoms with Crippen LogP contribution >= 0.6 is 0 Å². The number of hydrogen-bond donors (Lipinski definition) is 0. The lowest BCUT2D eigenvalue weighted by molar-refractivity contribution is -0.135. The fourth-order valence-corrected chi connectivity index (χ4v) is 3.95. The van der Waals surface area contributed by atoms with Crippen LogP contribution in [0.2, 0.25) is 0 Å². The normalized spacial score (nSPS) is 20.6. The highest BCUT2D eigenvalue weighted by molar-refractivity contribution is 5.81. The van der Waals surface area contributed by atoms with Gasteiger partial charge in [0.1, 0.15) is 11.5 Å². The lowest BCUT2D eigenvalue weighted by atomic mass is 10.1. The molecule has 1 aromatic carbocycles. The Bertz CT molecular complexity index is 1040. The Labute approximate surface area is 162 Å². The Balaban J connectivity index is 1.46. The first-order valence-corrected chi connectivity index (χ1v) is 9.70. The predicted molar refractivity (Wildman–Crippen MR) is 103 cm³/mol. The summed E-state index contributed by atoms with van der Waals surface area (Å²) in [5.41, 5.74) is 3.47. The third-order valence-electron chi connectivity index (χ3n) is 5.80. The van der Waals surface area contributed by atoms with Crippen LogP contribution in [-0.4, -0.2) is 57.2 Å². The molecule has 3 aromatic rings. The van der Waals surface area contributed by atoms with E-state index in [9.17, 15) is 9.18 Å². The summed E-state index contributed by atoms with van der Waals surface area (Å²) >= 11 is 0. The van der Waals surface area contributed by atoms with Gasteiger partial charge in [-0.3, -0.25) is 9.69 Å². The van der Waals surface area contributed by atoms with Gasteiger partial charge in [0.2, 0.25) is 5.91 Å².